The molecule has 2 heteroatoms. The summed E-state index contributed by atoms with van der Waals surface area (Å²) in [5.41, 5.74) is 1.15. The Hall–Kier alpha value is -1.70. The summed E-state index contributed by atoms with van der Waals surface area (Å²) < 4.78 is 10.6. The zero-order valence-electron chi connectivity index (χ0n) is 9.20. The fourth-order valence-electron chi connectivity index (χ4n) is 1.79. The molecule has 0 bridgehead atoms. The lowest BCUT2D eigenvalue weighted by atomic mass is 10.1. The van der Waals surface area contributed by atoms with Gasteiger partial charge in [-0.25, -0.2) is 0 Å². The Morgan fingerprint density at radius 1 is 0.933 bits per heavy atom. The van der Waals surface area contributed by atoms with Crippen molar-refractivity contribution in [2.24, 2.45) is 0 Å². The van der Waals surface area contributed by atoms with Gasteiger partial charge in [0.15, 0.2) is 0 Å². The van der Waals surface area contributed by atoms with Gasteiger partial charge in [-0.3, -0.25) is 0 Å². The molecule has 0 spiro atoms. The minimum Gasteiger partial charge on any atom is -0.497 e. The average molecular weight is 202 g/mol. The number of methoxy groups -OCH3 is 2. The van der Waals surface area contributed by atoms with E-state index in [0.29, 0.717) is 0 Å². The van der Waals surface area contributed by atoms with Gasteiger partial charge >= 0.3 is 0 Å². The molecule has 0 fully saturated rings. The molecule has 0 atom stereocenters. The molecule has 0 unspecified atom stereocenters. The molecule has 0 amide bonds. The van der Waals surface area contributed by atoms with Crippen molar-refractivity contribution < 1.29 is 9.47 Å². The summed E-state index contributed by atoms with van der Waals surface area (Å²) >= 11 is 0. The van der Waals surface area contributed by atoms with Crippen molar-refractivity contribution in [3.8, 4) is 11.5 Å². The van der Waals surface area contributed by atoms with E-state index in [0.717, 1.165) is 27.8 Å². The van der Waals surface area contributed by atoms with Crippen LogP contribution in [0.25, 0.3) is 10.8 Å². The normalized spacial score (nSPS) is 10.3. The van der Waals surface area contributed by atoms with E-state index < -0.39 is 0 Å². The number of aryl methyl sites for hydroxylation is 1. The van der Waals surface area contributed by atoms with Gasteiger partial charge in [0.1, 0.15) is 11.5 Å². The van der Waals surface area contributed by atoms with Crippen LogP contribution in [0.15, 0.2) is 30.3 Å². The monoisotopic (exact) mass is 202 g/mol. The Morgan fingerprint density at radius 3 is 2.40 bits per heavy atom. The number of rotatable bonds is 2. The fourth-order valence-corrected chi connectivity index (χ4v) is 1.79. The largest absolute Gasteiger partial charge is 0.497 e. The van der Waals surface area contributed by atoms with E-state index in [1.807, 2.05) is 25.1 Å². The highest BCUT2D eigenvalue weighted by Crippen LogP contribution is 2.31. The molecule has 0 N–H and O–H groups in total. The van der Waals surface area contributed by atoms with Gasteiger partial charge in [0.2, 0.25) is 0 Å². The highest BCUT2D eigenvalue weighted by molar-refractivity contribution is 5.90. The van der Waals surface area contributed by atoms with E-state index in [2.05, 4.69) is 12.1 Å². The first-order valence-corrected chi connectivity index (χ1v) is 4.87. The Bertz CT molecular complexity index is 489. The Morgan fingerprint density at radius 2 is 1.73 bits per heavy atom. The van der Waals surface area contributed by atoms with Crippen LogP contribution in [0.5, 0.6) is 11.5 Å². The van der Waals surface area contributed by atoms with Crippen molar-refractivity contribution in [2.45, 2.75) is 6.92 Å². The molecule has 0 aliphatic carbocycles. The zero-order chi connectivity index (χ0) is 10.8. The van der Waals surface area contributed by atoms with Gasteiger partial charge in [0.25, 0.3) is 0 Å². The third-order valence-electron chi connectivity index (χ3n) is 2.58. The first kappa shape index (κ1) is 9.84. The predicted octanol–water partition coefficient (Wildman–Crippen LogP) is 3.17. The maximum atomic E-state index is 5.39. The van der Waals surface area contributed by atoms with Crippen LogP contribution in [0.3, 0.4) is 0 Å². The van der Waals surface area contributed by atoms with Crippen molar-refractivity contribution in [3.63, 3.8) is 0 Å². The molecule has 15 heavy (non-hydrogen) atoms. The van der Waals surface area contributed by atoms with Crippen molar-refractivity contribution >= 4 is 10.8 Å². The van der Waals surface area contributed by atoms with Crippen LogP contribution in [-0.4, -0.2) is 14.2 Å². The average Bonchev–Trinajstić information content (AvgIpc) is 2.28. The lowest BCUT2D eigenvalue weighted by molar-refractivity contribution is 0.413. The Kier molecular flexibility index (Phi) is 2.50. The lowest BCUT2D eigenvalue weighted by Gasteiger charge is -2.09. The molecule has 2 aromatic rings. The number of hydrogen-bond acceptors (Lipinski definition) is 2. The molecule has 0 aliphatic rings. The third kappa shape index (κ3) is 1.63. The minimum atomic E-state index is 0.869. The van der Waals surface area contributed by atoms with Gasteiger partial charge in [-0.15, -0.1) is 0 Å². The summed E-state index contributed by atoms with van der Waals surface area (Å²) in [5, 5.41) is 2.26. The molecule has 0 radical (unpaired) electrons. The molecule has 0 saturated heterocycles. The topological polar surface area (TPSA) is 18.5 Å². The molecule has 2 nitrogen and oxygen atoms in total. The number of fused-ring (bicyclic) bond motifs is 1. The van der Waals surface area contributed by atoms with Gasteiger partial charge in [-0.05, 0) is 36.1 Å². The summed E-state index contributed by atoms with van der Waals surface area (Å²) in [7, 11) is 3.37. The van der Waals surface area contributed by atoms with Gasteiger partial charge in [-0.2, -0.15) is 0 Å². The highest BCUT2D eigenvalue weighted by Gasteiger charge is 2.05. The SMILES string of the molecule is COc1ccc2c(OC)c(C)ccc2c1. The van der Waals surface area contributed by atoms with Gasteiger partial charge in [0, 0.05) is 5.39 Å². The molecule has 78 valence electrons. The smallest absolute Gasteiger partial charge is 0.129 e. The van der Waals surface area contributed by atoms with E-state index in [1.54, 1.807) is 14.2 Å². The van der Waals surface area contributed by atoms with Crippen LogP contribution in [0.2, 0.25) is 0 Å². The summed E-state index contributed by atoms with van der Waals surface area (Å²) in [6, 6.07) is 10.1. The maximum Gasteiger partial charge on any atom is 0.129 e. The molecule has 0 aromatic heterocycles. The summed E-state index contributed by atoms with van der Waals surface area (Å²) in [4.78, 5) is 0. The lowest BCUT2D eigenvalue weighted by Crippen LogP contribution is -1.89. The number of ether oxygens (including phenoxy) is 2. The Balaban J connectivity index is 2.72. The van der Waals surface area contributed by atoms with Crippen LogP contribution >= 0.6 is 0 Å². The zero-order valence-corrected chi connectivity index (χ0v) is 9.20. The van der Waals surface area contributed by atoms with Crippen molar-refractivity contribution in [1.82, 2.24) is 0 Å². The quantitative estimate of drug-likeness (QED) is 0.744. The van der Waals surface area contributed by atoms with Gasteiger partial charge < -0.3 is 9.47 Å². The minimum absolute atomic E-state index is 0.869. The second-order valence-corrected chi connectivity index (χ2v) is 3.50. The van der Waals surface area contributed by atoms with Crippen LogP contribution in [0.1, 0.15) is 5.56 Å². The van der Waals surface area contributed by atoms with Crippen molar-refractivity contribution in [1.29, 1.82) is 0 Å². The number of benzene rings is 2. The van der Waals surface area contributed by atoms with Crippen molar-refractivity contribution in [3.05, 3.63) is 35.9 Å². The molecule has 0 aliphatic heterocycles. The van der Waals surface area contributed by atoms with E-state index in [9.17, 15) is 0 Å². The molecule has 2 rings (SSSR count). The van der Waals surface area contributed by atoms with Crippen LogP contribution in [0, 0.1) is 6.92 Å². The summed E-state index contributed by atoms with van der Waals surface area (Å²) in [5.74, 6) is 1.81. The second kappa shape index (κ2) is 3.81. The van der Waals surface area contributed by atoms with E-state index in [-0.39, 0.29) is 0 Å². The van der Waals surface area contributed by atoms with E-state index in [4.69, 9.17) is 9.47 Å². The molecular formula is C13H14O2. The summed E-state index contributed by atoms with van der Waals surface area (Å²) in [6.45, 7) is 2.04. The second-order valence-electron chi connectivity index (χ2n) is 3.50. The molecule has 0 saturated carbocycles. The fraction of sp³-hybridized carbons (Fsp3) is 0.231. The first-order chi connectivity index (χ1) is 7.26. The van der Waals surface area contributed by atoms with Crippen molar-refractivity contribution in [2.75, 3.05) is 14.2 Å². The van der Waals surface area contributed by atoms with E-state index >= 15 is 0 Å². The van der Waals surface area contributed by atoms with Gasteiger partial charge in [0.05, 0.1) is 14.2 Å². The molecule has 2 aromatic carbocycles. The standard InChI is InChI=1S/C13H14O2/c1-9-4-5-10-8-11(14-2)6-7-12(10)13(9)15-3/h4-8H,1-3H3. The molecular weight excluding hydrogens is 188 g/mol. The van der Waals surface area contributed by atoms with E-state index in [1.165, 1.54) is 0 Å². The number of hydrogen-bond donors (Lipinski definition) is 0. The highest BCUT2D eigenvalue weighted by atomic mass is 16.5. The summed E-state index contributed by atoms with van der Waals surface area (Å²) in [6.07, 6.45) is 0. The molecule has 0 heterocycles. The van der Waals surface area contributed by atoms with Gasteiger partial charge in [-0.1, -0.05) is 12.1 Å². The predicted molar refractivity (Wildman–Crippen MR) is 61.8 cm³/mol. The third-order valence-corrected chi connectivity index (χ3v) is 2.58. The Labute approximate surface area is 89.4 Å². The van der Waals surface area contributed by atoms with Crippen LogP contribution < -0.4 is 9.47 Å². The van der Waals surface area contributed by atoms with Crippen LogP contribution in [0.4, 0.5) is 0 Å². The maximum absolute atomic E-state index is 5.39. The van der Waals surface area contributed by atoms with Crippen LogP contribution in [-0.2, 0) is 0 Å². The first-order valence-electron chi connectivity index (χ1n) is 4.87.